The van der Waals surface area contributed by atoms with E-state index in [0.717, 1.165) is 0 Å². The number of rotatable bonds is 5. The lowest BCUT2D eigenvalue weighted by Gasteiger charge is -2.10. The molecule has 2 aromatic carbocycles. The number of hydrogen-bond acceptors (Lipinski definition) is 6. The van der Waals surface area contributed by atoms with Crippen molar-refractivity contribution in [1.82, 2.24) is 16.2 Å². The minimum atomic E-state index is -0.770. The van der Waals surface area contributed by atoms with Gasteiger partial charge < -0.3 is 4.74 Å². The van der Waals surface area contributed by atoms with Crippen LogP contribution in [-0.4, -0.2) is 29.0 Å². The molecule has 0 aliphatic heterocycles. The van der Waals surface area contributed by atoms with Gasteiger partial charge in [0.2, 0.25) is 5.91 Å². The highest BCUT2D eigenvalue weighted by atomic mass is 32.1. The second-order valence-electron chi connectivity index (χ2n) is 5.25. The molecule has 0 aromatic heterocycles. The Morgan fingerprint density at radius 1 is 1.11 bits per heavy atom. The molecular weight excluding hydrogens is 384 g/mol. The molecule has 2 amide bonds. The highest BCUT2D eigenvalue weighted by molar-refractivity contribution is 7.80. The van der Waals surface area contributed by atoms with Gasteiger partial charge in [0.15, 0.2) is 5.11 Å². The molecule has 2 aromatic rings. The van der Waals surface area contributed by atoms with Crippen LogP contribution in [0.3, 0.4) is 0 Å². The van der Waals surface area contributed by atoms with Crippen LogP contribution in [0, 0.1) is 10.1 Å². The molecule has 0 saturated heterocycles. The van der Waals surface area contributed by atoms with Crippen molar-refractivity contribution in [2.24, 2.45) is 0 Å². The fourth-order valence-corrected chi connectivity index (χ4v) is 2.31. The van der Waals surface area contributed by atoms with Gasteiger partial charge >= 0.3 is 0 Å². The molecule has 0 bridgehead atoms. The van der Waals surface area contributed by atoms with Crippen molar-refractivity contribution in [2.45, 2.75) is 0 Å². The number of methoxy groups -OCH3 is 1. The van der Waals surface area contributed by atoms with Crippen molar-refractivity contribution in [3.8, 4) is 5.75 Å². The van der Waals surface area contributed by atoms with Crippen LogP contribution in [0.25, 0.3) is 6.08 Å². The van der Waals surface area contributed by atoms with Crippen LogP contribution in [-0.2, 0) is 4.79 Å². The van der Waals surface area contributed by atoms with E-state index in [4.69, 9.17) is 17.0 Å². The molecule has 28 heavy (non-hydrogen) atoms. The summed E-state index contributed by atoms with van der Waals surface area (Å²) in [5, 5.41) is 13.1. The van der Waals surface area contributed by atoms with Gasteiger partial charge in [-0.3, -0.25) is 35.9 Å². The molecule has 3 N–H and O–H groups in total. The van der Waals surface area contributed by atoms with Gasteiger partial charge in [0, 0.05) is 17.7 Å². The van der Waals surface area contributed by atoms with Gasteiger partial charge in [-0.25, -0.2) is 0 Å². The number of benzene rings is 2. The van der Waals surface area contributed by atoms with E-state index in [9.17, 15) is 19.7 Å². The molecule has 0 unspecified atom stereocenters. The Hall–Kier alpha value is -3.79. The van der Waals surface area contributed by atoms with E-state index >= 15 is 0 Å². The summed E-state index contributed by atoms with van der Waals surface area (Å²) in [7, 11) is 1.52. The number of hydrazine groups is 1. The molecule has 0 aliphatic rings. The lowest BCUT2D eigenvalue weighted by molar-refractivity contribution is -0.385. The van der Waals surface area contributed by atoms with Gasteiger partial charge in [0.25, 0.3) is 11.6 Å². The molecule has 0 heterocycles. The number of carbonyl (C=O) groups is 2. The largest absolute Gasteiger partial charge is 0.496 e. The van der Waals surface area contributed by atoms with Crippen molar-refractivity contribution in [3.05, 3.63) is 75.8 Å². The van der Waals surface area contributed by atoms with Crippen LogP contribution in [0.4, 0.5) is 5.69 Å². The standard InChI is InChI=1S/C18H16N4O5S/c1-27-15-9-5-2-6-12(15)10-11-16(23)19-18(28)21-20-17(24)13-7-3-4-8-14(13)22(25)26/h2-11H,1H3,(H,20,24)(H2,19,21,23,28). The number of hydrogen-bond donors (Lipinski definition) is 3. The van der Waals surface area contributed by atoms with Crippen LogP contribution in [0.2, 0.25) is 0 Å². The lowest BCUT2D eigenvalue weighted by atomic mass is 10.2. The van der Waals surface area contributed by atoms with E-state index in [1.807, 2.05) is 0 Å². The van der Waals surface area contributed by atoms with Gasteiger partial charge in [0.1, 0.15) is 11.3 Å². The fraction of sp³-hybridized carbons (Fsp3) is 0.0556. The topological polar surface area (TPSA) is 123 Å². The third-order valence-electron chi connectivity index (χ3n) is 3.42. The summed E-state index contributed by atoms with van der Waals surface area (Å²) in [6.45, 7) is 0. The Kier molecular flexibility index (Phi) is 7.17. The number of nitrogens with one attached hydrogen (secondary N) is 3. The number of thiocarbonyl (C=S) groups is 1. The normalized spacial score (nSPS) is 10.2. The van der Waals surface area contributed by atoms with Crippen molar-refractivity contribution in [2.75, 3.05) is 7.11 Å². The first-order chi connectivity index (χ1) is 13.4. The van der Waals surface area contributed by atoms with E-state index in [1.54, 1.807) is 30.3 Å². The number of nitro groups is 1. The molecule has 10 heteroatoms. The van der Waals surface area contributed by atoms with Crippen LogP contribution in [0.1, 0.15) is 15.9 Å². The highest BCUT2D eigenvalue weighted by Crippen LogP contribution is 2.18. The Balaban J connectivity index is 1.90. The van der Waals surface area contributed by atoms with Crippen molar-refractivity contribution >= 4 is 40.9 Å². The first-order valence-corrected chi connectivity index (χ1v) is 8.29. The lowest BCUT2D eigenvalue weighted by Crippen LogP contribution is -2.48. The summed E-state index contributed by atoms with van der Waals surface area (Å²) >= 11 is 4.91. The number of amides is 2. The van der Waals surface area contributed by atoms with Crippen LogP contribution >= 0.6 is 12.2 Å². The Morgan fingerprint density at radius 2 is 1.79 bits per heavy atom. The summed E-state index contributed by atoms with van der Waals surface area (Å²) in [4.78, 5) is 34.3. The highest BCUT2D eigenvalue weighted by Gasteiger charge is 2.19. The van der Waals surface area contributed by atoms with Crippen molar-refractivity contribution < 1.29 is 19.2 Å². The number of para-hydroxylation sites is 2. The predicted octanol–water partition coefficient (Wildman–Crippen LogP) is 1.95. The smallest absolute Gasteiger partial charge is 0.282 e. The first kappa shape index (κ1) is 20.5. The maximum atomic E-state index is 12.1. The van der Waals surface area contributed by atoms with Gasteiger partial charge in [0.05, 0.1) is 12.0 Å². The van der Waals surface area contributed by atoms with Crippen LogP contribution in [0.15, 0.2) is 54.6 Å². The number of ether oxygens (including phenoxy) is 1. The van der Waals surface area contributed by atoms with E-state index in [1.165, 1.54) is 37.5 Å². The zero-order chi connectivity index (χ0) is 20.5. The average molecular weight is 400 g/mol. The molecule has 144 valence electrons. The van der Waals surface area contributed by atoms with Gasteiger partial charge in [-0.15, -0.1) is 0 Å². The van der Waals surface area contributed by atoms with E-state index in [2.05, 4.69) is 16.2 Å². The summed E-state index contributed by atoms with van der Waals surface area (Å²) in [5.41, 5.74) is 4.71. The summed E-state index contributed by atoms with van der Waals surface area (Å²) < 4.78 is 5.18. The second-order valence-corrected chi connectivity index (χ2v) is 5.66. The van der Waals surface area contributed by atoms with Gasteiger partial charge in [-0.2, -0.15) is 0 Å². The molecule has 2 rings (SSSR count). The van der Waals surface area contributed by atoms with E-state index in [-0.39, 0.29) is 16.4 Å². The molecular formula is C18H16N4O5S. The second kappa shape index (κ2) is 9.78. The third-order valence-corrected chi connectivity index (χ3v) is 3.63. The zero-order valence-corrected chi connectivity index (χ0v) is 15.5. The van der Waals surface area contributed by atoms with Gasteiger partial charge in [-0.05, 0) is 30.4 Å². The predicted molar refractivity (Wildman–Crippen MR) is 106 cm³/mol. The van der Waals surface area contributed by atoms with Crippen LogP contribution < -0.4 is 20.9 Å². The molecule has 0 saturated carbocycles. The molecule has 9 nitrogen and oxygen atoms in total. The number of nitrogens with zero attached hydrogens (tertiary/aromatic N) is 1. The minimum Gasteiger partial charge on any atom is -0.496 e. The third kappa shape index (κ3) is 5.61. The monoisotopic (exact) mass is 400 g/mol. The van der Waals surface area contributed by atoms with Crippen molar-refractivity contribution in [1.29, 1.82) is 0 Å². The molecule has 0 aliphatic carbocycles. The van der Waals surface area contributed by atoms with Gasteiger partial charge in [-0.1, -0.05) is 30.3 Å². The molecule has 0 fully saturated rings. The quantitative estimate of drug-likeness (QED) is 0.303. The summed E-state index contributed by atoms with van der Waals surface area (Å²) in [6.07, 6.45) is 2.79. The Bertz CT molecular complexity index is 945. The zero-order valence-electron chi connectivity index (χ0n) is 14.7. The maximum Gasteiger partial charge on any atom is 0.282 e. The maximum absolute atomic E-state index is 12.1. The summed E-state index contributed by atoms with van der Waals surface area (Å²) in [5.74, 6) is -0.708. The molecule has 0 atom stereocenters. The average Bonchev–Trinajstić information content (AvgIpc) is 2.70. The van der Waals surface area contributed by atoms with Crippen LogP contribution in [0.5, 0.6) is 5.75 Å². The number of nitro benzene ring substituents is 1. The Morgan fingerprint density at radius 3 is 2.50 bits per heavy atom. The molecule has 0 spiro atoms. The molecule has 0 radical (unpaired) electrons. The summed E-state index contributed by atoms with van der Waals surface area (Å²) in [6, 6.07) is 12.6. The van der Waals surface area contributed by atoms with Crippen molar-refractivity contribution in [3.63, 3.8) is 0 Å². The first-order valence-electron chi connectivity index (χ1n) is 7.88. The fourth-order valence-electron chi connectivity index (χ4n) is 2.16. The minimum absolute atomic E-state index is 0.148. The van der Waals surface area contributed by atoms with E-state index < -0.39 is 16.7 Å². The SMILES string of the molecule is COc1ccccc1C=CC(=O)NC(=S)NNC(=O)c1ccccc1[N+](=O)[O-]. The Labute approximate surface area is 165 Å². The van der Waals surface area contributed by atoms with E-state index in [0.29, 0.717) is 11.3 Å². The number of carbonyl (C=O) groups excluding carboxylic acids is 2.